The van der Waals surface area contributed by atoms with E-state index in [1.807, 2.05) is 0 Å². The Hall–Kier alpha value is -0.0800. The Kier molecular flexibility index (Phi) is 4.39. The van der Waals surface area contributed by atoms with E-state index in [1.165, 1.54) is 19.3 Å². The van der Waals surface area contributed by atoms with E-state index in [9.17, 15) is 0 Å². The van der Waals surface area contributed by atoms with Crippen molar-refractivity contribution in [3.63, 3.8) is 0 Å². The first kappa shape index (κ1) is 12.0. The molecule has 1 rings (SSSR count). The Morgan fingerprint density at radius 3 is 2.50 bits per heavy atom. The second-order valence-corrected chi connectivity index (χ2v) is 4.89. The van der Waals surface area contributed by atoms with Crippen molar-refractivity contribution in [2.45, 2.75) is 65.1 Å². The number of rotatable bonds is 4. The van der Waals surface area contributed by atoms with E-state index in [2.05, 4.69) is 32.6 Å². The standard InChI is InChI=1S/C12H26N2/c1-5-12-7-6-10(3)14(12)11(4)9(2)8-13/h9-12H,5-8,13H2,1-4H3. The van der Waals surface area contributed by atoms with Gasteiger partial charge in [-0.1, -0.05) is 13.8 Å². The van der Waals surface area contributed by atoms with Gasteiger partial charge in [0.1, 0.15) is 0 Å². The maximum absolute atomic E-state index is 5.75. The van der Waals surface area contributed by atoms with Crippen molar-refractivity contribution < 1.29 is 0 Å². The van der Waals surface area contributed by atoms with Crippen LogP contribution in [0.2, 0.25) is 0 Å². The molecule has 0 saturated carbocycles. The fourth-order valence-electron chi connectivity index (χ4n) is 2.73. The number of hydrogen-bond acceptors (Lipinski definition) is 2. The highest BCUT2D eigenvalue weighted by molar-refractivity contribution is 4.89. The summed E-state index contributed by atoms with van der Waals surface area (Å²) in [6.45, 7) is 10.1. The molecule has 1 aliphatic rings. The van der Waals surface area contributed by atoms with E-state index < -0.39 is 0 Å². The SMILES string of the molecule is CCC1CCC(C)N1C(C)C(C)CN. The number of hydrogen-bond donors (Lipinski definition) is 1. The van der Waals surface area contributed by atoms with Gasteiger partial charge in [-0.05, 0) is 45.6 Å². The first-order valence-corrected chi connectivity index (χ1v) is 6.09. The lowest BCUT2D eigenvalue weighted by molar-refractivity contribution is 0.109. The van der Waals surface area contributed by atoms with Gasteiger partial charge in [0.2, 0.25) is 0 Å². The number of likely N-dealkylation sites (tertiary alicyclic amines) is 1. The van der Waals surface area contributed by atoms with Crippen LogP contribution in [0.4, 0.5) is 0 Å². The molecule has 84 valence electrons. The summed E-state index contributed by atoms with van der Waals surface area (Å²) in [6.07, 6.45) is 4.02. The van der Waals surface area contributed by atoms with Crippen LogP contribution in [-0.2, 0) is 0 Å². The van der Waals surface area contributed by atoms with Crippen LogP contribution in [0, 0.1) is 5.92 Å². The van der Waals surface area contributed by atoms with Crippen molar-refractivity contribution in [3.05, 3.63) is 0 Å². The van der Waals surface area contributed by atoms with Crippen LogP contribution in [0.25, 0.3) is 0 Å². The summed E-state index contributed by atoms with van der Waals surface area (Å²) in [5.41, 5.74) is 5.75. The molecule has 4 atom stereocenters. The minimum atomic E-state index is 0.615. The normalized spacial score (nSPS) is 33.2. The lowest BCUT2D eigenvalue weighted by atomic mass is 10.00. The van der Waals surface area contributed by atoms with Gasteiger partial charge in [-0.3, -0.25) is 4.90 Å². The molecule has 1 aliphatic heterocycles. The molecule has 14 heavy (non-hydrogen) atoms. The Morgan fingerprint density at radius 1 is 1.36 bits per heavy atom. The predicted molar refractivity (Wildman–Crippen MR) is 62.3 cm³/mol. The minimum Gasteiger partial charge on any atom is -0.330 e. The molecule has 0 aromatic carbocycles. The molecular weight excluding hydrogens is 172 g/mol. The lowest BCUT2D eigenvalue weighted by Gasteiger charge is -2.37. The topological polar surface area (TPSA) is 29.3 Å². The molecule has 4 unspecified atom stereocenters. The molecule has 1 saturated heterocycles. The zero-order valence-corrected chi connectivity index (χ0v) is 10.2. The third-order valence-corrected chi connectivity index (χ3v) is 3.99. The number of nitrogens with zero attached hydrogens (tertiary/aromatic N) is 1. The van der Waals surface area contributed by atoms with Crippen molar-refractivity contribution in [1.29, 1.82) is 0 Å². The van der Waals surface area contributed by atoms with E-state index in [-0.39, 0.29) is 0 Å². The zero-order chi connectivity index (χ0) is 10.7. The van der Waals surface area contributed by atoms with E-state index in [0.29, 0.717) is 12.0 Å². The summed E-state index contributed by atoms with van der Waals surface area (Å²) < 4.78 is 0. The smallest absolute Gasteiger partial charge is 0.0110 e. The maximum atomic E-state index is 5.75. The maximum Gasteiger partial charge on any atom is 0.0110 e. The van der Waals surface area contributed by atoms with Crippen LogP contribution in [0.15, 0.2) is 0 Å². The second-order valence-electron chi connectivity index (χ2n) is 4.89. The molecule has 0 aromatic rings. The molecule has 0 bridgehead atoms. The van der Waals surface area contributed by atoms with Crippen molar-refractivity contribution in [2.24, 2.45) is 11.7 Å². The van der Waals surface area contributed by atoms with Crippen molar-refractivity contribution in [1.82, 2.24) is 4.90 Å². The second kappa shape index (κ2) is 5.13. The molecule has 2 heteroatoms. The molecule has 0 amide bonds. The van der Waals surface area contributed by atoms with Gasteiger partial charge in [0.15, 0.2) is 0 Å². The third kappa shape index (κ3) is 2.29. The van der Waals surface area contributed by atoms with E-state index in [1.54, 1.807) is 0 Å². The monoisotopic (exact) mass is 198 g/mol. The summed E-state index contributed by atoms with van der Waals surface area (Å²) in [5.74, 6) is 0.615. The van der Waals surface area contributed by atoms with Crippen LogP contribution in [-0.4, -0.2) is 29.6 Å². The highest BCUT2D eigenvalue weighted by Crippen LogP contribution is 2.30. The quantitative estimate of drug-likeness (QED) is 0.750. The highest BCUT2D eigenvalue weighted by atomic mass is 15.2. The first-order valence-electron chi connectivity index (χ1n) is 6.09. The Morgan fingerprint density at radius 2 is 2.00 bits per heavy atom. The van der Waals surface area contributed by atoms with Crippen LogP contribution in [0.1, 0.15) is 47.0 Å². The van der Waals surface area contributed by atoms with Crippen LogP contribution < -0.4 is 5.73 Å². The van der Waals surface area contributed by atoms with Crippen molar-refractivity contribution in [2.75, 3.05) is 6.54 Å². The largest absolute Gasteiger partial charge is 0.330 e. The lowest BCUT2D eigenvalue weighted by Crippen LogP contribution is -2.46. The van der Waals surface area contributed by atoms with Gasteiger partial charge < -0.3 is 5.73 Å². The summed E-state index contributed by atoms with van der Waals surface area (Å²) in [6, 6.07) is 2.19. The molecule has 2 nitrogen and oxygen atoms in total. The molecule has 0 radical (unpaired) electrons. The van der Waals surface area contributed by atoms with Crippen LogP contribution in [0.5, 0.6) is 0 Å². The molecule has 1 heterocycles. The molecule has 2 N–H and O–H groups in total. The Balaban J connectivity index is 2.63. The van der Waals surface area contributed by atoms with Crippen LogP contribution in [0.3, 0.4) is 0 Å². The molecule has 0 spiro atoms. The van der Waals surface area contributed by atoms with Gasteiger partial charge in [-0.15, -0.1) is 0 Å². The zero-order valence-electron chi connectivity index (χ0n) is 10.2. The van der Waals surface area contributed by atoms with Gasteiger partial charge in [0, 0.05) is 18.1 Å². The molecule has 1 fully saturated rings. The van der Waals surface area contributed by atoms with Gasteiger partial charge in [0.05, 0.1) is 0 Å². The van der Waals surface area contributed by atoms with Gasteiger partial charge in [-0.2, -0.15) is 0 Å². The van der Waals surface area contributed by atoms with E-state index in [4.69, 9.17) is 5.73 Å². The van der Waals surface area contributed by atoms with E-state index in [0.717, 1.165) is 18.6 Å². The minimum absolute atomic E-state index is 0.615. The Bertz CT molecular complexity index is 170. The molecule has 0 aromatic heterocycles. The van der Waals surface area contributed by atoms with Crippen LogP contribution >= 0.6 is 0 Å². The fraction of sp³-hybridized carbons (Fsp3) is 1.00. The average Bonchev–Trinajstić information content (AvgIpc) is 2.57. The number of nitrogens with two attached hydrogens (primary N) is 1. The Labute approximate surface area is 88.8 Å². The molecule has 0 aliphatic carbocycles. The highest BCUT2D eigenvalue weighted by Gasteiger charge is 2.34. The summed E-state index contributed by atoms with van der Waals surface area (Å²) >= 11 is 0. The molecular formula is C12H26N2. The first-order chi connectivity index (χ1) is 6.61. The summed E-state index contributed by atoms with van der Waals surface area (Å²) in [5, 5.41) is 0. The summed E-state index contributed by atoms with van der Waals surface area (Å²) in [7, 11) is 0. The van der Waals surface area contributed by atoms with Gasteiger partial charge in [0.25, 0.3) is 0 Å². The summed E-state index contributed by atoms with van der Waals surface area (Å²) in [4.78, 5) is 2.69. The fourth-order valence-corrected chi connectivity index (χ4v) is 2.73. The van der Waals surface area contributed by atoms with Crippen molar-refractivity contribution >= 4 is 0 Å². The third-order valence-electron chi connectivity index (χ3n) is 3.99. The van der Waals surface area contributed by atoms with E-state index >= 15 is 0 Å². The predicted octanol–water partition coefficient (Wildman–Crippen LogP) is 2.23. The van der Waals surface area contributed by atoms with Crippen molar-refractivity contribution in [3.8, 4) is 0 Å². The van der Waals surface area contributed by atoms with Gasteiger partial charge in [-0.25, -0.2) is 0 Å². The average molecular weight is 198 g/mol. The van der Waals surface area contributed by atoms with Gasteiger partial charge >= 0.3 is 0 Å².